The first-order valence-electron chi connectivity index (χ1n) is 6.27. The van der Waals surface area contributed by atoms with E-state index in [1.54, 1.807) is 13.8 Å². The van der Waals surface area contributed by atoms with E-state index in [1.165, 1.54) is 4.68 Å². The summed E-state index contributed by atoms with van der Waals surface area (Å²) in [5.41, 5.74) is 1.66. The Balaban J connectivity index is 2.37. The number of carbonyl (C=O) groups is 1. The lowest BCUT2D eigenvalue weighted by Crippen LogP contribution is -2.35. The quantitative estimate of drug-likeness (QED) is 0.905. The van der Waals surface area contributed by atoms with E-state index in [4.69, 9.17) is 16.7 Å². The lowest BCUT2D eigenvalue weighted by molar-refractivity contribution is 0.0922. The highest BCUT2D eigenvalue weighted by Gasteiger charge is 2.21. The molecule has 20 heavy (non-hydrogen) atoms. The third-order valence-corrected chi connectivity index (χ3v) is 3.23. The molecule has 2 N–H and O–H groups in total. The summed E-state index contributed by atoms with van der Waals surface area (Å²) in [5.74, 6) is -0.337. The molecule has 0 aliphatic heterocycles. The van der Waals surface area contributed by atoms with E-state index in [9.17, 15) is 4.79 Å². The third kappa shape index (κ3) is 2.84. The molecule has 5 nitrogen and oxygen atoms in total. The van der Waals surface area contributed by atoms with E-state index in [2.05, 4.69) is 10.4 Å². The van der Waals surface area contributed by atoms with Crippen LogP contribution < -0.4 is 5.32 Å². The number of carbonyl (C=O) groups excluding carboxylic acids is 1. The summed E-state index contributed by atoms with van der Waals surface area (Å²) in [6.45, 7) is 3.31. The van der Waals surface area contributed by atoms with Crippen LogP contribution in [0.25, 0.3) is 5.69 Å². The minimum absolute atomic E-state index is 0.130. The van der Waals surface area contributed by atoms with Gasteiger partial charge in [0, 0.05) is 6.04 Å². The Labute approximate surface area is 122 Å². The van der Waals surface area contributed by atoms with Crippen molar-refractivity contribution in [3.05, 3.63) is 46.7 Å². The number of rotatable bonds is 4. The van der Waals surface area contributed by atoms with Gasteiger partial charge in [-0.05, 0) is 26.0 Å². The van der Waals surface area contributed by atoms with Crippen LogP contribution in [0, 0.1) is 6.92 Å². The van der Waals surface area contributed by atoms with Crippen molar-refractivity contribution in [1.82, 2.24) is 15.1 Å². The Morgan fingerprint density at radius 1 is 1.45 bits per heavy atom. The van der Waals surface area contributed by atoms with Gasteiger partial charge in [-0.3, -0.25) is 4.79 Å². The van der Waals surface area contributed by atoms with Crippen molar-refractivity contribution in [1.29, 1.82) is 0 Å². The van der Waals surface area contributed by atoms with E-state index in [0.29, 0.717) is 11.3 Å². The first-order chi connectivity index (χ1) is 9.54. The number of aliphatic hydroxyl groups is 1. The number of aromatic nitrogens is 2. The van der Waals surface area contributed by atoms with Gasteiger partial charge in [0.05, 0.1) is 23.6 Å². The topological polar surface area (TPSA) is 67.2 Å². The molecule has 1 atom stereocenters. The monoisotopic (exact) mass is 293 g/mol. The van der Waals surface area contributed by atoms with Crippen LogP contribution in [-0.2, 0) is 0 Å². The average molecular weight is 294 g/mol. The standard InChI is InChI=1S/C14H16ClN3O2/c1-9(8-19)16-14(20)12-10(2)17-18(13(12)15)11-6-4-3-5-7-11/h3-7,9,19H,8H2,1-2H3,(H,16,20). The molecule has 0 spiro atoms. The smallest absolute Gasteiger partial charge is 0.256 e. The van der Waals surface area contributed by atoms with Crippen LogP contribution in [0.4, 0.5) is 0 Å². The lowest BCUT2D eigenvalue weighted by Gasteiger charge is -2.10. The van der Waals surface area contributed by atoms with Crippen LogP contribution >= 0.6 is 11.6 Å². The van der Waals surface area contributed by atoms with Crippen molar-refractivity contribution < 1.29 is 9.90 Å². The van der Waals surface area contributed by atoms with Crippen molar-refractivity contribution in [3.63, 3.8) is 0 Å². The number of aliphatic hydroxyl groups excluding tert-OH is 1. The second-order valence-corrected chi connectivity index (χ2v) is 4.91. The molecular weight excluding hydrogens is 278 g/mol. The Hall–Kier alpha value is -1.85. The summed E-state index contributed by atoms with van der Waals surface area (Å²) in [6.07, 6.45) is 0. The highest BCUT2D eigenvalue weighted by Crippen LogP contribution is 2.23. The third-order valence-electron chi connectivity index (χ3n) is 2.88. The van der Waals surface area contributed by atoms with Gasteiger partial charge in [0.25, 0.3) is 5.91 Å². The van der Waals surface area contributed by atoms with E-state index >= 15 is 0 Å². The zero-order valence-electron chi connectivity index (χ0n) is 11.3. The number of hydrogen-bond donors (Lipinski definition) is 2. The molecule has 1 aromatic heterocycles. The Kier molecular flexibility index (Phi) is 4.42. The van der Waals surface area contributed by atoms with Crippen LogP contribution in [0.1, 0.15) is 23.0 Å². The molecule has 0 saturated carbocycles. The van der Waals surface area contributed by atoms with Crippen molar-refractivity contribution in [3.8, 4) is 5.69 Å². The molecule has 6 heteroatoms. The number of benzene rings is 1. The predicted molar refractivity (Wildman–Crippen MR) is 77.3 cm³/mol. The summed E-state index contributed by atoms with van der Waals surface area (Å²) < 4.78 is 1.52. The van der Waals surface area contributed by atoms with Gasteiger partial charge in [-0.1, -0.05) is 29.8 Å². The van der Waals surface area contributed by atoms with Crippen LogP contribution in [0.2, 0.25) is 5.15 Å². The maximum absolute atomic E-state index is 12.1. The van der Waals surface area contributed by atoms with Gasteiger partial charge >= 0.3 is 0 Å². The van der Waals surface area contributed by atoms with Gasteiger partial charge in [-0.15, -0.1) is 0 Å². The van der Waals surface area contributed by atoms with Gasteiger partial charge in [0.15, 0.2) is 0 Å². The van der Waals surface area contributed by atoms with E-state index in [-0.39, 0.29) is 23.7 Å². The molecule has 2 rings (SSSR count). The summed E-state index contributed by atoms with van der Waals surface area (Å²) in [4.78, 5) is 12.1. The molecule has 0 fully saturated rings. The van der Waals surface area contributed by atoms with E-state index < -0.39 is 0 Å². The van der Waals surface area contributed by atoms with Gasteiger partial charge in [-0.2, -0.15) is 5.10 Å². The molecule has 1 unspecified atom stereocenters. The van der Waals surface area contributed by atoms with Crippen LogP contribution in [0.15, 0.2) is 30.3 Å². The van der Waals surface area contributed by atoms with Gasteiger partial charge in [0.2, 0.25) is 0 Å². The molecule has 1 heterocycles. The first kappa shape index (κ1) is 14.6. The van der Waals surface area contributed by atoms with Crippen molar-refractivity contribution in [2.75, 3.05) is 6.61 Å². The van der Waals surface area contributed by atoms with Crippen LogP contribution in [0.5, 0.6) is 0 Å². The van der Waals surface area contributed by atoms with Crippen molar-refractivity contribution in [2.24, 2.45) is 0 Å². The zero-order chi connectivity index (χ0) is 14.7. The fourth-order valence-corrected chi connectivity index (χ4v) is 2.20. The molecular formula is C14H16ClN3O2. The Morgan fingerprint density at radius 2 is 2.10 bits per heavy atom. The van der Waals surface area contributed by atoms with E-state index in [0.717, 1.165) is 5.69 Å². The number of nitrogens with zero attached hydrogens (tertiary/aromatic N) is 2. The highest BCUT2D eigenvalue weighted by molar-refractivity contribution is 6.33. The van der Waals surface area contributed by atoms with Gasteiger partial charge in [-0.25, -0.2) is 4.68 Å². The minimum Gasteiger partial charge on any atom is -0.394 e. The zero-order valence-corrected chi connectivity index (χ0v) is 12.1. The fourth-order valence-electron chi connectivity index (χ4n) is 1.84. The molecule has 0 aliphatic rings. The number of nitrogens with one attached hydrogen (secondary N) is 1. The molecule has 0 aliphatic carbocycles. The summed E-state index contributed by atoms with van der Waals surface area (Å²) in [6, 6.07) is 9.02. The molecule has 0 radical (unpaired) electrons. The second-order valence-electron chi connectivity index (χ2n) is 4.56. The molecule has 2 aromatic rings. The maximum Gasteiger partial charge on any atom is 0.256 e. The second kappa shape index (κ2) is 6.07. The highest BCUT2D eigenvalue weighted by atomic mass is 35.5. The number of amides is 1. The molecule has 106 valence electrons. The largest absolute Gasteiger partial charge is 0.394 e. The lowest BCUT2D eigenvalue weighted by atomic mass is 10.2. The number of para-hydroxylation sites is 1. The van der Waals surface area contributed by atoms with Gasteiger partial charge < -0.3 is 10.4 Å². The summed E-state index contributed by atoms with van der Waals surface area (Å²) in [7, 11) is 0. The van der Waals surface area contributed by atoms with E-state index in [1.807, 2.05) is 30.3 Å². The molecule has 0 saturated heterocycles. The number of aryl methyl sites for hydroxylation is 1. The molecule has 1 amide bonds. The minimum atomic E-state index is -0.337. The summed E-state index contributed by atoms with van der Waals surface area (Å²) in [5, 5.41) is 16.2. The maximum atomic E-state index is 12.1. The van der Waals surface area contributed by atoms with Crippen LogP contribution in [-0.4, -0.2) is 33.4 Å². The van der Waals surface area contributed by atoms with Crippen molar-refractivity contribution >= 4 is 17.5 Å². The van der Waals surface area contributed by atoms with Crippen molar-refractivity contribution in [2.45, 2.75) is 19.9 Å². The fraction of sp³-hybridized carbons (Fsp3) is 0.286. The normalized spacial score (nSPS) is 12.2. The average Bonchev–Trinajstić information content (AvgIpc) is 2.74. The molecule has 0 bridgehead atoms. The van der Waals surface area contributed by atoms with Gasteiger partial charge in [0.1, 0.15) is 5.15 Å². The number of halogens is 1. The number of hydrogen-bond acceptors (Lipinski definition) is 3. The first-order valence-corrected chi connectivity index (χ1v) is 6.64. The SMILES string of the molecule is Cc1nn(-c2ccccc2)c(Cl)c1C(=O)NC(C)CO. The predicted octanol–water partition coefficient (Wildman–Crippen LogP) is 1.94. The molecule has 1 aromatic carbocycles. The Morgan fingerprint density at radius 3 is 2.70 bits per heavy atom. The Bertz CT molecular complexity index is 610. The van der Waals surface area contributed by atoms with Crippen LogP contribution in [0.3, 0.4) is 0 Å². The summed E-state index contributed by atoms with van der Waals surface area (Å²) >= 11 is 6.26.